The van der Waals surface area contributed by atoms with Crippen molar-refractivity contribution >= 4 is 23.2 Å². The van der Waals surface area contributed by atoms with E-state index < -0.39 is 5.82 Å². The number of amides is 1. The van der Waals surface area contributed by atoms with Crippen LogP contribution in [0.4, 0.5) is 10.1 Å². The Balaban J connectivity index is 1.78. The van der Waals surface area contributed by atoms with Gasteiger partial charge in [-0.2, -0.15) is 10.4 Å². The third-order valence-electron chi connectivity index (χ3n) is 3.51. The van der Waals surface area contributed by atoms with Gasteiger partial charge in [-0.15, -0.1) is 0 Å². The molecule has 0 unspecified atom stereocenters. The van der Waals surface area contributed by atoms with Crippen LogP contribution in [0.3, 0.4) is 0 Å². The number of nitrogens with zero attached hydrogens (tertiary/aromatic N) is 3. The summed E-state index contributed by atoms with van der Waals surface area (Å²) in [5.41, 5.74) is 1.87. The Labute approximate surface area is 148 Å². The van der Waals surface area contributed by atoms with E-state index in [4.69, 9.17) is 11.6 Å². The van der Waals surface area contributed by atoms with Crippen molar-refractivity contribution in [2.75, 3.05) is 5.32 Å². The number of carbonyl (C=O) groups excluding carboxylic acids is 1. The summed E-state index contributed by atoms with van der Waals surface area (Å²) in [6, 6.07) is 13.8. The highest BCUT2D eigenvalue weighted by atomic mass is 35.5. The first-order valence-electron chi connectivity index (χ1n) is 7.35. The molecular formula is C18H12ClFN4O. The summed E-state index contributed by atoms with van der Waals surface area (Å²) in [5, 5.41) is 16.4. The van der Waals surface area contributed by atoms with Gasteiger partial charge in [-0.25, -0.2) is 9.07 Å². The minimum Gasteiger partial charge on any atom is -0.326 e. The van der Waals surface area contributed by atoms with Gasteiger partial charge in [-0.05, 0) is 29.8 Å². The Kier molecular flexibility index (Phi) is 4.78. The van der Waals surface area contributed by atoms with Crippen LogP contribution in [-0.4, -0.2) is 15.7 Å². The van der Waals surface area contributed by atoms with E-state index in [-0.39, 0.29) is 17.9 Å². The summed E-state index contributed by atoms with van der Waals surface area (Å²) in [4.78, 5) is 12.2. The molecule has 0 spiro atoms. The maximum absolute atomic E-state index is 13.1. The minimum absolute atomic E-state index is 0.119. The molecule has 0 bridgehead atoms. The Morgan fingerprint density at radius 2 is 2.12 bits per heavy atom. The largest absolute Gasteiger partial charge is 0.326 e. The van der Waals surface area contributed by atoms with Gasteiger partial charge in [0.15, 0.2) is 5.82 Å². The second-order valence-corrected chi connectivity index (χ2v) is 5.67. The number of nitriles is 1. The molecular weight excluding hydrogens is 343 g/mol. The van der Waals surface area contributed by atoms with E-state index in [9.17, 15) is 14.4 Å². The van der Waals surface area contributed by atoms with Gasteiger partial charge in [0, 0.05) is 10.7 Å². The fourth-order valence-corrected chi connectivity index (χ4v) is 2.56. The van der Waals surface area contributed by atoms with Crippen LogP contribution in [-0.2, 0) is 11.2 Å². The Morgan fingerprint density at radius 1 is 1.32 bits per heavy atom. The van der Waals surface area contributed by atoms with Crippen LogP contribution < -0.4 is 5.32 Å². The van der Waals surface area contributed by atoms with Gasteiger partial charge in [0.25, 0.3) is 0 Å². The number of anilines is 1. The number of rotatable bonds is 4. The molecule has 7 heteroatoms. The molecule has 0 aliphatic heterocycles. The average molecular weight is 355 g/mol. The zero-order chi connectivity index (χ0) is 17.8. The van der Waals surface area contributed by atoms with Crippen molar-refractivity contribution in [1.29, 1.82) is 5.26 Å². The van der Waals surface area contributed by atoms with Crippen LogP contribution in [0.15, 0.2) is 54.9 Å². The lowest BCUT2D eigenvalue weighted by Gasteiger charge is -2.09. The van der Waals surface area contributed by atoms with Crippen molar-refractivity contribution in [3.63, 3.8) is 0 Å². The third-order valence-corrected chi connectivity index (χ3v) is 3.88. The minimum atomic E-state index is -0.499. The van der Waals surface area contributed by atoms with E-state index in [0.717, 1.165) is 6.20 Å². The van der Waals surface area contributed by atoms with Crippen molar-refractivity contribution in [2.45, 2.75) is 6.42 Å². The predicted molar refractivity (Wildman–Crippen MR) is 92.0 cm³/mol. The van der Waals surface area contributed by atoms with Crippen LogP contribution in [0.25, 0.3) is 5.69 Å². The first kappa shape index (κ1) is 16.7. The van der Waals surface area contributed by atoms with Gasteiger partial charge < -0.3 is 5.32 Å². The zero-order valence-corrected chi connectivity index (χ0v) is 13.7. The molecule has 25 heavy (non-hydrogen) atoms. The first-order chi connectivity index (χ1) is 12.1. The molecule has 1 heterocycles. The van der Waals surface area contributed by atoms with Crippen LogP contribution in [0.5, 0.6) is 0 Å². The lowest BCUT2D eigenvalue weighted by molar-refractivity contribution is -0.115. The Bertz CT molecular complexity index is 977. The highest BCUT2D eigenvalue weighted by Crippen LogP contribution is 2.20. The Hall–Kier alpha value is -3.17. The molecule has 0 saturated carbocycles. The van der Waals surface area contributed by atoms with Crippen LogP contribution >= 0.6 is 11.6 Å². The molecule has 0 radical (unpaired) electrons. The first-order valence-corrected chi connectivity index (χ1v) is 7.72. The van der Waals surface area contributed by atoms with E-state index in [1.165, 1.54) is 16.9 Å². The number of nitrogens with one attached hydrogen (secondary N) is 1. The highest BCUT2D eigenvalue weighted by Gasteiger charge is 2.11. The number of carbonyl (C=O) groups is 1. The summed E-state index contributed by atoms with van der Waals surface area (Å²) in [6.07, 6.45) is 2.35. The maximum Gasteiger partial charge on any atom is 0.228 e. The molecule has 0 aliphatic rings. The number of halogens is 2. The third kappa shape index (κ3) is 3.84. The summed E-state index contributed by atoms with van der Waals surface area (Å²) in [6.45, 7) is 0. The average Bonchev–Trinajstić information content (AvgIpc) is 3.03. The van der Waals surface area contributed by atoms with Crippen molar-refractivity contribution in [3.8, 4) is 11.8 Å². The molecule has 5 nitrogen and oxygen atoms in total. The molecule has 0 saturated heterocycles. The predicted octanol–water partition coefficient (Wildman–Crippen LogP) is 3.72. The molecule has 3 aromatic rings. The van der Waals surface area contributed by atoms with Gasteiger partial charge in [0.2, 0.25) is 5.91 Å². The van der Waals surface area contributed by atoms with E-state index in [1.807, 2.05) is 6.07 Å². The van der Waals surface area contributed by atoms with Crippen LogP contribution in [0, 0.1) is 17.1 Å². The molecule has 0 fully saturated rings. The van der Waals surface area contributed by atoms with Gasteiger partial charge in [-0.1, -0.05) is 29.8 Å². The van der Waals surface area contributed by atoms with Gasteiger partial charge >= 0.3 is 0 Å². The van der Waals surface area contributed by atoms with Crippen molar-refractivity contribution in [3.05, 3.63) is 76.8 Å². The van der Waals surface area contributed by atoms with Gasteiger partial charge in [0.1, 0.15) is 6.07 Å². The fraction of sp³-hybridized carbons (Fsp3) is 0.0556. The number of hydrogen-bond donors (Lipinski definition) is 1. The smallest absolute Gasteiger partial charge is 0.228 e. The molecule has 0 aliphatic carbocycles. The highest BCUT2D eigenvalue weighted by molar-refractivity contribution is 6.31. The summed E-state index contributed by atoms with van der Waals surface area (Å²) in [5.74, 6) is -0.754. The second-order valence-electron chi connectivity index (χ2n) is 5.26. The van der Waals surface area contributed by atoms with E-state index in [1.54, 1.807) is 36.4 Å². The quantitative estimate of drug-likeness (QED) is 0.776. The summed E-state index contributed by atoms with van der Waals surface area (Å²) in [7, 11) is 0. The second kappa shape index (κ2) is 7.16. The molecule has 1 aromatic heterocycles. The molecule has 1 amide bonds. The molecule has 0 atom stereocenters. The number of hydrogen-bond acceptors (Lipinski definition) is 3. The lowest BCUT2D eigenvalue weighted by Crippen LogP contribution is -2.15. The van der Waals surface area contributed by atoms with Crippen molar-refractivity contribution in [1.82, 2.24) is 9.78 Å². The van der Waals surface area contributed by atoms with E-state index in [2.05, 4.69) is 10.4 Å². The molecule has 2 aromatic carbocycles. The molecule has 1 N–H and O–H groups in total. The zero-order valence-electron chi connectivity index (χ0n) is 12.9. The van der Waals surface area contributed by atoms with Crippen molar-refractivity contribution < 1.29 is 9.18 Å². The van der Waals surface area contributed by atoms with Crippen molar-refractivity contribution in [2.24, 2.45) is 0 Å². The van der Waals surface area contributed by atoms with Gasteiger partial charge in [-0.3, -0.25) is 4.79 Å². The Morgan fingerprint density at radius 3 is 2.80 bits per heavy atom. The number of benzene rings is 2. The fourth-order valence-electron chi connectivity index (χ4n) is 2.36. The van der Waals surface area contributed by atoms with E-state index >= 15 is 0 Å². The summed E-state index contributed by atoms with van der Waals surface area (Å²) >= 11 is 6.05. The topological polar surface area (TPSA) is 70.7 Å². The van der Waals surface area contributed by atoms with Crippen LogP contribution in [0.2, 0.25) is 5.02 Å². The maximum atomic E-state index is 13.1. The summed E-state index contributed by atoms with van der Waals surface area (Å²) < 4.78 is 14.4. The SMILES string of the molecule is N#Cc1cc(NC(=O)Cc2ccccc2Cl)ccc1-n1cc(F)cn1. The standard InChI is InChI=1S/C18H12ClFN4O/c19-16-4-2-1-3-12(16)8-18(25)23-15-5-6-17(13(7-15)9-21)24-11-14(20)10-22-24/h1-7,10-11H,8H2,(H,23,25). The number of aromatic nitrogens is 2. The molecule has 3 rings (SSSR count). The van der Waals surface area contributed by atoms with Gasteiger partial charge in [0.05, 0.1) is 30.1 Å². The lowest BCUT2D eigenvalue weighted by atomic mass is 10.1. The van der Waals surface area contributed by atoms with Crippen LogP contribution in [0.1, 0.15) is 11.1 Å². The van der Waals surface area contributed by atoms with E-state index in [0.29, 0.717) is 22.0 Å². The normalized spacial score (nSPS) is 10.3. The monoisotopic (exact) mass is 354 g/mol. The molecule has 124 valence electrons.